The molecule has 1 amide bonds. The largest absolute Gasteiger partial charge is 0.299 e. The average molecular weight is 277 g/mol. The van der Waals surface area contributed by atoms with Gasteiger partial charge in [0.15, 0.2) is 5.82 Å². The number of carbonyl (C=O) groups excluding carboxylic acids is 2. The van der Waals surface area contributed by atoms with Gasteiger partial charge in [-0.2, -0.15) is 5.10 Å². The van der Waals surface area contributed by atoms with Crippen molar-refractivity contribution in [1.82, 2.24) is 9.78 Å². The van der Waals surface area contributed by atoms with Crippen molar-refractivity contribution in [1.29, 1.82) is 0 Å². The van der Waals surface area contributed by atoms with Gasteiger partial charge in [0.25, 0.3) is 11.7 Å². The highest BCUT2D eigenvalue weighted by molar-refractivity contribution is 6.52. The zero-order valence-electron chi connectivity index (χ0n) is 10.4. The molecule has 5 nitrogen and oxygen atoms in total. The molecular formula is C13H9F2N3O2. The fourth-order valence-electron chi connectivity index (χ4n) is 2.21. The molecule has 1 aliphatic rings. The third kappa shape index (κ3) is 1.78. The number of fused-ring (bicyclic) bond motifs is 1. The van der Waals surface area contributed by atoms with Crippen molar-refractivity contribution in [3.8, 4) is 0 Å². The van der Waals surface area contributed by atoms with E-state index < -0.39 is 23.3 Å². The van der Waals surface area contributed by atoms with Crippen LogP contribution in [0.5, 0.6) is 0 Å². The number of aromatic nitrogens is 2. The molecule has 0 unspecified atom stereocenters. The molecule has 0 spiro atoms. The van der Waals surface area contributed by atoms with Crippen LogP contribution in [0.15, 0.2) is 24.4 Å². The van der Waals surface area contributed by atoms with E-state index in [1.807, 2.05) is 0 Å². The molecule has 102 valence electrons. The predicted octanol–water partition coefficient (Wildman–Crippen LogP) is 1.43. The van der Waals surface area contributed by atoms with Crippen LogP contribution >= 0.6 is 0 Å². The summed E-state index contributed by atoms with van der Waals surface area (Å²) in [4.78, 5) is 24.6. The number of benzene rings is 1. The van der Waals surface area contributed by atoms with Crippen LogP contribution in [0, 0.1) is 11.6 Å². The zero-order chi connectivity index (χ0) is 14.4. The number of amides is 1. The fourth-order valence-corrected chi connectivity index (χ4v) is 2.21. The minimum atomic E-state index is -0.935. The molecular weight excluding hydrogens is 268 g/mol. The predicted molar refractivity (Wildman–Crippen MR) is 65.1 cm³/mol. The van der Waals surface area contributed by atoms with Gasteiger partial charge in [-0.3, -0.25) is 19.2 Å². The maximum Gasteiger partial charge on any atom is 0.299 e. The lowest BCUT2D eigenvalue weighted by Gasteiger charge is -2.15. The topological polar surface area (TPSA) is 55.2 Å². The summed E-state index contributed by atoms with van der Waals surface area (Å²) in [5.74, 6) is -3.61. The maximum atomic E-state index is 13.8. The summed E-state index contributed by atoms with van der Waals surface area (Å²) >= 11 is 0. The Balaban J connectivity index is 2.06. The van der Waals surface area contributed by atoms with E-state index in [1.165, 1.54) is 4.68 Å². The molecule has 1 aliphatic heterocycles. The van der Waals surface area contributed by atoms with Gasteiger partial charge in [-0.25, -0.2) is 8.78 Å². The van der Waals surface area contributed by atoms with Crippen LogP contribution in [0.1, 0.15) is 16.1 Å². The van der Waals surface area contributed by atoms with Crippen LogP contribution in [0.2, 0.25) is 0 Å². The van der Waals surface area contributed by atoms with E-state index in [0.29, 0.717) is 11.8 Å². The Kier molecular flexibility index (Phi) is 2.63. The summed E-state index contributed by atoms with van der Waals surface area (Å²) in [6.07, 6.45) is 1.67. The molecule has 7 heteroatoms. The molecule has 2 heterocycles. The molecule has 2 aromatic rings. The lowest BCUT2D eigenvalue weighted by molar-refractivity contribution is -0.114. The van der Waals surface area contributed by atoms with E-state index in [1.54, 1.807) is 19.3 Å². The molecule has 0 bridgehead atoms. The molecule has 0 aliphatic carbocycles. The van der Waals surface area contributed by atoms with Crippen LogP contribution in [0.4, 0.5) is 14.5 Å². The van der Waals surface area contributed by atoms with Crippen LogP contribution < -0.4 is 4.90 Å². The van der Waals surface area contributed by atoms with Gasteiger partial charge in [0, 0.05) is 19.3 Å². The van der Waals surface area contributed by atoms with E-state index in [2.05, 4.69) is 5.10 Å². The maximum absolute atomic E-state index is 13.8. The molecule has 0 saturated carbocycles. The van der Waals surface area contributed by atoms with Gasteiger partial charge >= 0.3 is 0 Å². The third-order valence-corrected chi connectivity index (χ3v) is 3.07. The molecule has 0 radical (unpaired) electrons. The number of hydrogen-bond donors (Lipinski definition) is 0. The molecule has 0 N–H and O–H groups in total. The van der Waals surface area contributed by atoms with E-state index in [4.69, 9.17) is 0 Å². The summed E-state index contributed by atoms with van der Waals surface area (Å²) < 4.78 is 28.5. The number of Topliss-reactive ketones (excluding diaryl/α,β-unsaturated/α-hetero) is 1. The minimum Gasteiger partial charge on any atom is -0.296 e. The smallest absolute Gasteiger partial charge is 0.296 e. The zero-order valence-corrected chi connectivity index (χ0v) is 10.4. The lowest BCUT2D eigenvalue weighted by atomic mass is 10.1. The second-order valence-corrected chi connectivity index (χ2v) is 4.48. The molecule has 0 fully saturated rings. The van der Waals surface area contributed by atoms with Crippen molar-refractivity contribution < 1.29 is 18.4 Å². The third-order valence-electron chi connectivity index (χ3n) is 3.07. The van der Waals surface area contributed by atoms with Crippen molar-refractivity contribution in [2.75, 3.05) is 4.90 Å². The van der Waals surface area contributed by atoms with Gasteiger partial charge in [0.1, 0.15) is 5.82 Å². The SMILES string of the molecule is Cn1ccc(CN2C(=O)C(=O)c3cc(F)cc(F)c32)n1. The number of hydrogen-bond acceptors (Lipinski definition) is 3. The van der Waals surface area contributed by atoms with Crippen molar-refractivity contribution in [3.05, 3.63) is 47.3 Å². The fraction of sp³-hybridized carbons (Fsp3) is 0.154. The van der Waals surface area contributed by atoms with Crippen molar-refractivity contribution in [3.63, 3.8) is 0 Å². The Morgan fingerprint density at radius 3 is 2.65 bits per heavy atom. The first kappa shape index (κ1) is 12.5. The van der Waals surface area contributed by atoms with E-state index in [0.717, 1.165) is 11.0 Å². The summed E-state index contributed by atoms with van der Waals surface area (Å²) in [6, 6.07) is 3.17. The molecule has 1 aromatic carbocycles. The number of nitrogens with zero attached hydrogens (tertiary/aromatic N) is 3. The van der Waals surface area contributed by atoms with E-state index in [-0.39, 0.29) is 17.8 Å². The molecule has 0 atom stereocenters. The molecule has 3 rings (SSSR count). The minimum absolute atomic E-state index is 0.0407. The second kappa shape index (κ2) is 4.22. The first-order valence-corrected chi connectivity index (χ1v) is 5.81. The van der Waals surface area contributed by atoms with Gasteiger partial charge < -0.3 is 0 Å². The Bertz CT molecular complexity index is 739. The molecule has 20 heavy (non-hydrogen) atoms. The van der Waals surface area contributed by atoms with Crippen molar-refractivity contribution in [2.45, 2.75) is 6.54 Å². The monoisotopic (exact) mass is 277 g/mol. The van der Waals surface area contributed by atoms with Gasteiger partial charge in [-0.15, -0.1) is 0 Å². The summed E-state index contributed by atoms with van der Waals surface area (Å²) in [5.41, 5.74) is 0.0701. The highest BCUT2D eigenvalue weighted by Gasteiger charge is 2.38. The average Bonchev–Trinajstić information content (AvgIpc) is 2.88. The summed E-state index contributed by atoms with van der Waals surface area (Å²) in [5, 5.41) is 4.07. The van der Waals surface area contributed by atoms with Crippen molar-refractivity contribution in [2.24, 2.45) is 7.05 Å². The van der Waals surface area contributed by atoms with Gasteiger partial charge in [0.05, 0.1) is 23.5 Å². The van der Waals surface area contributed by atoms with Crippen LogP contribution in [0.25, 0.3) is 0 Å². The quantitative estimate of drug-likeness (QED) is 0.780. The van der Waals surface area contributed by atoms with E-state index >= 15 is 0 Å². The Morgan fingerprint density at radius 2 is 2.00 bits per heavy atom. The highest BCUT2D eigenvalue weighted by Crippen LogP contribution is 2.33. The first-order chi connectivity index (χ1) is 9.47. The number of halogens is 2. The summed E-state index contributed by atoms with van der Waals surface area (Å²) in [7, 11) is 1.70. The van der Waals surface area contributed by atoms with Gasteiger partial charge in [-0.05, 0) is 12.1 Å². The number of anilines is 1. The van der Waals surface area contributed by atoms with Gasteiger partial charge in [-0.1, -0.05) is 0 Å². The van der Waals surface area contributed by atoms with E-state index in [9.17, 15) is 18.4 Å². The number of aryl methyl sites for hydroxylation is 1. The van der Waals surface area contributed by atoms with Crippen LogP contribution in [0.3, 0.4) is 0 Å². The van der Waals surface area contributed by atoms with Gasteiger partial charge in [0.2, 0.25) is 0 Å². The molecule has 0 saturated heterocycles. The second-order valence-electron chi connectivity index (χ2n) is 4.48. The molecule has 1 aromatic heterocycles. The Hall–Kier alpha value is -2.57. The van der Waals surface area contributed by atoms with Crippen LogP contribution in [-0.2, 0) is 18.4 Å². The first-order valence-electron chi connectivity index (χ1n) is 5.81. The highest BCUT2D eigenvalue weighted by atomic mass is 19.1. The van der Waals surface area contributed by atoms with Crippen molar-refractivity contribution >= 4 is 17.4 Å². The standard InChI is InChI=1S/C13H9F2N3O2/c1-17-3-2-8(16-17)6-18-11-9(12(19)13(18)20)4-7(14)5-10(11)15/h2-5H,6H2,1H3. The number of carbonyl (C=O) groups is 2. The number of ketones is 1. The summed E-state index contributed by atoms with van der Waals surface area (Å²) in [6.45, 7) is -0.0407. The lowest BCUT2D eigenvalue weighted by Crippen LogP contribution is -2.29. The normalized spacial score (nSPS) is 14.1. The number of rotatable bonds is 2. The van der Waals surface area contributed by atoms with Crippen LogP contribution in [-0.4, -0.2) is 21.5 Å². The Labute approximate surface area is 112 Å². The Morgan fingerprint density at radius 1 is 1.25 bits per heavy atom.